The molecule has 0 fully saturated rings. The summed E-state index contributed by atoms with van der Waals surface area (Å²) in [6, 6.07) is 2.19. The zero-order valence-corrected chi connectivity index (χ0v) is 14.5. The Labute approximate surface area is 124 Å². The van der Waals surface area contributed by atoms with Gasteiger partial charge in [-0.15, -0.1) is 0 Å². The van der Waals surface area contributed by atoms with Gasteiger partial charge in [0.2, 0.25) is 0 Å². The van der Waals surface area contributed by atoms with E-state index in [1.54, 1.807) is 0 Å². The van der Waals surface area contributed by atoms with Gasteiger partial charge in [0.25, 0.3) is 0 Å². The molecule has 1 N–H and O–H groups in total. The van der Waals surface area contributed by atoms with Crippen molar-refractivity contribution in [1.29, 1.82) is 0 Å². The molecular weight excluding hydrogens is 246 g/mol. The molecule has 0 bridgehead atoms. The van der Waals surface area contributed by atoms with E-state index in [1.807, 2.05) is 6.20 Å². The highest BCUT2D eigenvalue weighted by Crippen LogP contribution is 2.28. The maximum Gasteiger partial charge on any atom is 0.0447 e. The zero-order chi connectivity index (χ0) is 15.6. The van der Waals surface area contributed by atoms with Gasteiger partial charge in [0.15, 0.2) is 0 Å². The topological polar surface area (TPSA) is 28.2 Å². The van der Waals surface area contributed by atoms with Crippen molar-refractivity contribution in [3.05, 3.63) is 23.5 Å². The zero-order valence-electron chi connectivity index (χ0n) is 14.5. The standard InChI is InChI=1S/C17H31N3/c1-9-17(6,7)20(8)15-10-13(2)18-11-14(15)12-19-16(3,4)5/h10-11,19H,9,12H2,1-8H3. The van der Waals surface area contributed by atoms with Crippen LogP contribution in [-0.4, -0.2) is 23.1 Å². The van der Waals surface area contributed by atoms with Gasteiger partial charge in [-0.3, -0.25) is 4.98 Å². The number of aryl methyl sites for hydroxylation is 1. The van der Waals surface area contributed by atoms with Crippen LogP contribution >= 0.6 is 0 Å². The molecule has 0 saturated carbocycles. The van der Waals surface area contributed by atoms with Crippen molar-refractivity contribution >= 4 is 5.69 Å². The third-order valence-electron chi connectivity index (χ3n) is 4.04. The van der Waals surface area contributed by atoms with Crippen LogP contribution in [0.3, 0.4) is 0 Å². The summed E-state index contributed by atoms with van der Waals surface area (Å²) >= 11 is 0. The molecule has 3 heteroatoms. The van der Waals surface area contributed by atoms with E-state index in [-0.39, 0.29) is 11.1 Å². The van der Waals surface area contributed by atoms with Crippen LogP contribution < -0.4 is 10.2 Å². The lowest BCUT2D eigenvalue weighted by Gasteiger charge is -2.38. The maximum atomic E-state index is 4.46. The number of rotatable bonds is 5. The van der Waals surface area contributed by atoms with Gasteiger partial charge in [-0.05, 0) is 54.0 Å². The van der Waals surface area contributed by atoms with E-state index in [2.05, 4.69) is 76.8 Å². The first kappa shape index (κ1) is 17.0. The molecule has 1 aromatic heterocycles. The van der Waals surface area contributed by atoms with Crippen LogP contribution in [0.25, 0.3) is 0 Å². The van der Waals surface area contributed by atoms with Crippen LogP contribution in [0.1, 0.15) is 59.2 Å². The fourth-order valence-electron chi connectivity index (χ4n) is 1.95. The Bertz CT molecular complexity index is 444. The number of pyridine rings is 1. The lowest BCUT2D eigenvalue weighted by Crippen LogP contribution is -2.42. The first-order valence-electron chi connectivity index (χ1n) is 7.51. The lowest BCUT2D eigenvalue weighted by molar-refractivity contribution is 0.422. The van der Waals surface area contributed by atoms with Crippen molar-refractivity contribution in [3.63, 3.8) is 0 Å². The fourth-order valence-corrected chi connectivity index (χ4v) is 1.95. The van der Waals surface area contributed by atoms with E-state index >= 15 is 0 Å². The first-order valence-corrected chi connectivity index (χ1v) is 7.51. The molecule has 0 atom stereocenters. The van der Waals surface area contributed by atoms with E-state index in [4.69, 9.17) is 0 Å². The number of nitrogens with zero attached hydrogens (tertiary/aromatic N) is 2. The molecule has 0 radical (unpaired) electrons. The van der Waals surface area contributed by atoms with E-state index in [1.165, 1.54) is 11.3 Å². The summed E-state index contributed by atoms with van der Waals surface area (Å²) < 4.78 is 0. The van der Waals surface area contributed by atoms with Crippen molar-refractivity contribution in [2.24, 2.45) is 0 Å². The first-order chi connectivity index (χ1) is 9.07. The third kappa shape index (κ3) is 4.48. The summed E-state index contributed by atoms with van der Waals surface area (Å²) in [6.07, 6.45) is 3.11. The molecule has 0 aliphatic carbocycles. The van der Waals surface area contributed by atoms with Gasteiger partial charge < -0.3 is 10.2 Å². The summed E-state index contributed by atoms with van der Waals surface area (Å²) in [5, 5.41) is 3.56. The van der Waals surface area contributed by atoms with E-state index in [0.717, 1.165) is 18.7 Å². The highest BCUT2D eigenvalue weighted by atomic mass is 15.2. The molecular formula is C17H31N3. The van der Waals surface area contributed by atoms with Crippen molar-refractivity contribution in [2.45, 2.75) is 72.5 Å². The molecule has 0 aromatic carbocycles. The Morgan fingerprint density at radius 1 is 1.20 bits per heavy atom. The van der Waals surface area contributed by atoms with Crippen LogP contribution in [0.2, 0.25) is 0 Å². The predicted octanol–water partition coefficient (Wildman–Crippen LogP) is 3.90. The van der Waals surface area contributed by atoms with Crippen LogP contribution in [0.15, 0.2) is 12.3 Å². The second-order valence-corrected chi connectivity index (χ2v) is 7.28. The van der Waals surface area contributed by atoms with E-state index in [0.29, 0.717) is 0 Å². The van der Waals surface area contributed by atoms with Gasteiger partial charge in [-0.1, -0.05) is 6.92 Å². The Hall–Kier alpha value is -1.09. The Morgan fingerprint density at radius 3 is 2.30 bits per heavy atom. The Balaban J connectivity index is 3.08. The molecule has 0 saturated heterocycles. The fraction of sp³-hybridized carbons (Fsp3) is 0.706. The minimum absolute atomic E-state index is 0.112. The molecule has 0 aliphatic rings. The summed E-state index contributed by atoms with van der Waals surface area (Å²) in [6.45, 7) is 16.3. The monoisotopic (exact) mass is 277 g/mol. The van der Waals surface area contributed by atoms with Gasteiger partial charge in [0.1, 0.15) is 0 Å². The molecule has 114 valence electrons. The molecule has 1 heterocycles. The van der Waals surface area contributed by atoms with Gasteiger partial charge in [0.05, 0.1) is 0 Å². The molecule has 3 nitrogen and oxygen atoms in total. The maximum absolute atomic E-state index is 4.46. The summed E-state index contributed by atoms with van der Waals surface area (Å²) in [5.41, 5.74) is 3.86. The molecule has 0 aliphatic heterocycles. The van der Waals surface area contributed by atoms with Crippen molar-refractivity contribution < 1.29 is 0 Å². The number of aromatic nitrogens is 1. The van der Waals surface area contributed by atoms with E-state index in [9.17, 15) is 0 Å². The minimum atomic E-state index is 0.112. The number of hydrogen-bond acceptors (Lipinski definition) is 3. The van der Waals surface area contributed by atoms with Crippen LogP contribution in [0.4, 0.5) is 5.69 Å². The Morgan fingerprint density at radius 2 is 1.80 bits per heavy atom. The van der Waals surface area contributed by atoms with Gasteiger partial charge in [0, 0.05) is 47.8 Å². The quantitative estimate of drug-likeness (QED) is 0.884. The van der Waals surface area contributed by atoms with Gasteiger partial charge in [-0.2, -0.15) is 0 Å². The Kier molecular flexibility index (Phi) is 5.20. The molecule has 0 unspecified atom stereocenters. The smallest absolute Gasteiger partial charge is 0.0447 e. The van der Waals surface area contributed by atoms with Crippen molar-refractivity contribution in [2.75, 3.05) is 11.9 Å². The SMILES string of the molecule is CCC(C)(C)N(C)c1cc(C)ncc1CNC(C)(C)C. The molecule has 20 heavy (non-hydrogen) atoms. The minimum Gasteiger partial charge on any atom is -0.369 e. The normalized spacial score (nSPS) is 12.6. The number of nitrogens with one attached hydrogen (secondary N) is 1. The molecule has 0 spiro atoms. The largest absolute Gasteiger partial charge is 0.369 e. The average molecular weight is 277 g/mol. The van der Waals surface area contributed by atoms with Crippen molar-refractivity contribution in [3.8, 4) is 0 Å². The molecule has 1 rings (SSSR count). The van der Waals surface area contributed by atoms with Gasteiger partial charge in [-0.25, -0.2) is 0 Å². The number of hydrogen-bond donors (Lipinski definition) is 1. The summed E-state index contributed by atoms with van der Waals surface area (Å²) in [5.74, 6) is 0. The molecule has 1 aromatic rings. The highest BCUT2D eigenvalue weighted by Gasteiger charge is 2.24. The summed E-state index contributed by atoms with van der Waals surface area (Å²) in [7, 11) is 2.18. The number of anilines is 1. The highest BCUT2D eigenvalue weighted by molar-refractivity contribution is 5.55. The molecule has 0 amide bonds. The van der Waals surface area contributed by atoms with Crippen molar-refractivity contribution in [1.82, 2.24) is 10.3 Å². The predicted molar refractivity (Wildman–Crippen MR) is 88.3 cm³/mol. The second-order valence-electron chi connectivity index (χ2n) is 7.28. The van der Waals surface area contributed by atoms with E-state index < -0.39 is 0 Å². The van der Waals surface area contributed by atoms with Crippen LogP contribution in [0, 0.1) is 6.92 Å². The summed E-state index contributed by atoms with van der Waals surface area (Å²) in [4.78, 5) is 6.84. The third-order valence-corrected chi connectivity index (χ3v) is 4.04. The average Bonchev–Trinajstić information content (AvgIpc) is 2.35. The van der Waals surface area contributed by atoms with Gasteiger partial charge >= 0.3 is 0 Å². The van der Waals surface area contributed by atoms with Crippen LogP contribution in [0.5, 0.6) is 0 Å². The lowest BCUT2D eigenvalue weighted by atomic mass is 9.98. The second kappa shape index (κ2) is 6.13. The van der Waals surface area contributed by atoms with Crippen LogP contribution in [-0.2, 0) is 6.54 Å².